The minimum atomic E-state index is -1.16. The molecule has 6 nitrogen and oxygen atoms in total. The fourth-order valence-corrected chi connectivity index (χ4v) is 2.44. The highest BCUT2D eigenvalue weighted by molar-refractivity contribution is 5.76. The van der Waals surface area contributed by atoms with Crippen LogP contribution in [0.3, 0.4) is 0 Å². The van der Waals surface area contributed by atoms with Gasteiger partial charge in [-0.2, -0.15) is 9.59 Å². The number of quaternary nitrogens is 1. The van der Waals surface area contributed by atoms with E-state index in [-0.39, 0.29) is 18.5 Å². The number of amides is 2. The zero-order valence-corrected chi connectivity index (χ0v) is 11.5. The van der Waals surface area contributed by atoms with Crippen molar-refractivity contribution in [1.29, 1.82) is 0 Å². The van der Waals surface area contributed by atoms with Crippen LogP contribution >= 0.6 is 0 Å². The summed E-state index contributed by atoms with van der Waals surface area (Å²) < 4.78 is 4.59. The molecule has 3 atom stereocenters. The van der Waals surface area contributed by atoms with Gasteiger partial charge in [-0.05, 0) is 27.7 Å². The predicted molar refractivity (Wildman–Crippen MR) is 66.0 cm³/mol. The molecule has 104 valence electrons. The first-order valence-electron chi connectivity index (χ1n) is 6.18. The van der Waals surface area contributed by atoms with Crippen LogP contribution in [0.15, 0.2) is 0 Å². The molecule has 18 heavy (non-hydrogen) atoms. The summed E-state index contributed by atoms with van der Waals surface area (Å²) in [6.07, 6.45) is -1.23. The number of carboxylic acid groups (broad SMARTS) is 1. The van der Waals surface area contributed by atoms with Crippen LogP contribution in [0, 0.1) is 5.92 Å². The van der Waals surface area contributed by atoms with Crippen molar-refractivity contribution in [2.24, 2.45) is 11.7 Å². The van der Waals surface area contributed by atoms with Gasteiger partial charge >= 0.3 is 12.2 Å². The fraction of sp³-hybridized carbons (Fsp3) is 0.833. The van der Waals surface area contributed by atoms with Gasteiger partial charge in [0.1, 0.15) is 18.2 Å². The molecule has 0 aromatic heterocycles. The van der Waals surface area contributed by atoms with Crippen molar-refractivity contribution < 1.29 is 23.9 Å². The van der Waals surface area contributed by atoms with Gasteiger partial charge in [0, 0.05) is 18.9 Å². The van der Waals surface area contributed by atoms with Crippen LogP contribution in [0.4, 0.5) is 9.59 Å². The topological polar surface area (TPSA) is 89.6 Å². The molecule has 1 rings (SSSR count). The summed E-state index contributed by atoms with van der Waals surface area (Å²) >= 11 is 0. The van der Waals surface area contributed by atoms with Gasteiger partial charge in [-0.3, -0.25) is 0 Å². The normalized spacial score (nSPS) is 32.3. The Morgan fingerprint density at radius 2 is 2.00 bits per heavy atom. The van der Waals surface area contributed by atoms with E-state index >= 15 is 0 Å². The molecule has 1 saturated heterocycles. The van der Waals surface area contributed by atoms with Crippen LogP contribution in [0.1, 0.15) is 34.1 Å². The standard InChI is InChI=1S/C12H22N2O4/c1-8-5-9(6-13)7-14(8,10(15)16)11(17)18-12(2,3)4/h8-9H,5-7,13H2,1-4H3/p+1/t8?,9-,14?/m1/s1. The molecular formula is C12H23N2O4+. The van der Waals surface area contributed by atoms with Gasteiger partial charge in [0.05, 0.1) is 0 Å². The van der Waals surface area contributed by atoms with Crippen molar-refractivity contribution in [3.8, 4) is 0 Å². The van der Waals surface area contributed by atoms with Crippen LogP contribution in [-0.2, 0) is 4.74 Å². The molecule has 1 aliphatic rings. The molecule has 2 amide bonds. The minimum Gasteiger partial charge on any atom is -0.435 e. The molecule has 6 heteroatoms. The average molecular weight is 259 g/mol. The SMILES string of the molecule is CC1C[C@H](CN)C[N+]1(C(=O)O)C(=O)OC(C)(C)C. The largest absolute Gasteiger partial charge is 0.527 e. The molecular weight excluding hydrogens is 236 g/mol. The Morgan fingerprint density at radius 3 is 2.33 bits per heavy atom. The number of nitrogens with zero attached hydrogens (tertiary/aromatic N) is 1. The number of imide groups is 1. The first-order chi connectivity index (χ1) is 8.13. The Bertz CT molecular complexity index is 350. The molecule has 2 unspecified atom stereocenters. The minimum absolute atomic E-state index is 0.0450. The molecule has 0 aromatic rings. The third kappa shape index (κ3) is 2.64. The third-order valence-corrected chi connectivity index (χ3v) is 3.37. The molecule has 0 bridgehead atoms. The van der Waals surface area contributed by atoms with Crippen LogP contribution in [0.25, 0.3) is 0 Å². The maximum absolute atomic E-state index is 12.2. The average Bonchev–Trinajstić information content (AvgIpc) is 2.53. The second-order valence-corrected chi connectivity index (χ2v) is 6.00. The zero-order valence-electron chi connectivity index (χ0n) is 11.5. The lowest BCUT2D eigenvalue weighted by Gasteiger charge is -2.31. The van der Waals surface area contributed by atoms with E-state index in [1.807, 2.05) is 0 Å². The van der Waals surface area contributed by atoms with E-state index in [0.29, 0.717) is 13.0 Å². The smallest absolute Gasteiger partial charge is 0.435 e. The number of rotatable bonds is 1. The number of carbonyl (C=O) groups is 2. The van der Waals surface area contributed by atoms with E-state index in [1.165, 1.54) is 0 Å². The maximum atomic E-state index is 12.2. The summed E-state index contributed by atoms with van der Waals surface area (Å²) in [5.41, 5.74) is 4.89. The van der Waals surface area contributed by atoms with E-state index in [1.54, 1.807) is 27.7 Å². The number of ether oxygens (including phenoxy) is 1. The van der Waals surface area contributed by atoms with Crippen molar-refractivity contribution in [2.75, 3.05) is 13.1 Å². The Morgan fingerprint density at radius 1 is 1.44 bits per heavy atom. The highest BCUT2D eigenvalue weighted by Gasteiger charge is 2.58. The molecule has 1 heterocycles. The summed E-state index contributed by atoms with van der Waals surface area (Å²) in [5, 5.41) is 9.45. The molecule has 0 radical (unpaired) electrons. The highest BCUT2D eigenvalue weighted by atomic mass is 16.6. The van der Waals surface area contributed by atoms with Gasteiger partial charge in [0.25, 0.3) is 0 Å². The zero-order chi connectivity index (χ0) is 14.1. The van der Waals surface area contributed by atoms with E-state index in [2.05, 4.69) is 0 Å². The molecule has 1 aliphatic heterocycles. The Balaban J connectivity index is 3.02. The fourth-order valence-electron chi connectivity index (χ4n) is 2.44. The second kappa shape index (κ2) is 4.85. The number of carbonyl (C=O) groups excluding carboxylic acids is 1. The van der Waals surface area contributed by atoms with Gasteiger partial charge in [-0.15, -0.1) is 4.48 Å². The van der Waals surface area contributed by atoms with Gasteiger partial charge in [-0.25, -0.2) is 0 Å². The quantitative estimate of drug-likeness (QED) is 0.701. The van der Waals surface area contributed by atoms with Crippen LogP contribution in [0.2, 0.25) is 0 Å². The maximum Gasteiger partial charge on any atom is 0.527 e. The number of nitrogens with two attached hydrogens (primary N) is 1. The summed E-state index contributed by atoms with van der Waals surface area (Å²) in [7, 11) is 0. The Kier molecular flexibility index (Phi) is 4.02. The second-order valence-electron chi connectivity index (χ2n) is 6.00. The van der Waals surface area contributed by atoms with Crippen molar-refractivity contribution in [2.45, 2.75) is 45.8 Å². The van der Waals surface area contributed by atoms with Crippen LogP contribution in [0.5, 0.6) is 0 Å². The van der Waals surface area contributed by atoms with E-state index in [4.69, 9.17) is 10.5 Å². The molecule has 0 aromatic carbocycles. The molecule has 0 aliphatic carbocycles. The molecule has 0 saturated carbocycles. The Labute approximate surface area is 107 Å². The highest BCUT2D eigenvalue weighted by Crippen LogP contribution is 2.33. The van der Waals surface area contributed by atoms with E-state index in [9.17, 15) is 14.7 Å². The molecule has 3 N–H and O–H groups in total. The number of hydrogen-bond donors (Lipinski definition) is 2. The summed E-state index contributed by atoms with van der Waals surface area (Å²) in [4.78, 5) is 23.8. The van der Waals surface area contributed by atoms with Gasteiger partial charge in [0.15, 0.2) is 0 Å². The molecule has 1 fully saturated rings. The summed E-state index contributed by atoms with van der Waals surface area (Å²) in [6.45, 7) is 7.54. The van der Waals surface area contributed by atoms with Crippen molar-refractivity contribution in [3.63, 3.8) is 0 Å². The molecule has 0 spiro atoms. The monoisotopic (exact) mass is 259 g/mol. The first kappa shape index (κ1) is 14.9. The lowest BCUT2D eigenvalue weighted by atomic mass is 10.1. The van der Waals surface area contributed by atoms with E-state index < -0.39 is 22.3 Å². The van der Waals surface area contributed by atoms with Crippen molar-refractivity contribution in [1.82, 2.24) is 0 Å². The lowest BCUT2D eigenvalue weighted by molar-refractivity contribution is -0.797. The van der Waals surface area contributed by atoms with Gasteiger partial charge in [0.2, 0.25) is 0 Å². The van der Waals surface area contributed by atoms with Crippen molar-refractivity contribution in [3.05, 3.63) is 0 Å². The summed E-state index contributed by atoms with van der Waals surface area (Å²) in [6, 6.07) is -0.314. The third-order valence-electron chi connectivity index (χ3n) is 3.37. The van der Waals surface area contributed by atoms with Gasteiger partial charge < -0.3 is 15.6 Å². The van der Waals surface area contributed by atoms with Crippen LogP contribution < -0.4 is 5.73 Å². The van der Waals surface area contributed by atoms with Crippen molar-refractivity contribution >= 4 is 12.2 Å². The lowest BCUT2D eigenvalue weighted by Crippen LogP contribution is -2.60. The van der Waals surface area contributed by atoms with Gasteiger partial charge in [-0.1, -0.05) is 0 Å². The first-order valence-corrected chi connectivity index (χ1v) is 6.18. The number of hydrogen-bond acceptors (Lipinski definition) is 4. The predicted octanol–water partition coefficient (Wildman–Crippen LogP) is 1.78. The van der Waals surface area contributed by atoms with Crippen LogP contribution in [-0.4, -0.2) is 46.5 Å². The summed E-state index contributed by atoms with van der Waals surface area (Å²) in [5.74, 6) is 0.0450. The Hall–Kier alpha value is -1.14. The number of likely N-dealkylation sites (tertiary alicyclic amines) is 1. The van der Waals surface area contributed by atoms with E-state index in [0.717, 1.165) is 0 Å².